The molecule has 0 aliphatic rings. The molecule has 3 heteroatoms. The van der Waals surface area contributed by atoms with E-state index in [9.17, 15) is 5.26 Å². The number of para-hydroxylation sites is 1. The Morgan fingerprint density at radius 3 is 2.52 bits per heavy atom. The predicted molar refractivity (Wildman–Crippen MR) is 87.4 cm³/mol. The third-order valence-corrected chi connectivity index (χ3v) is 3.51. The molecule has 0 bridgehead atoms. The van der Waals surface area contributed by atoms with Crippen LogP contribution in [0.25, 0.3) is 0 Å². The lowest BCUT2D eigenvalue weighted by Crippen LogP contribution is -2.19. The van der Waals surface area contributed by atoms with E-state index in [1.54, 1.807) is 0 Å². The molecule has 0 heterocycles. The fourth-order valence-electron chi connectivity index (χ4n) is 2.35. The van der Waals surface area contributed by atoms with Gasteiger partial charge in [0.15, 0.2) is 0 Å². The van der Waals surface area contributed by atoms with E-state index in [1.807, 2.05) is 36.4 Å². The molecule has 0 saturated heterocycles. The van der Waals surface area contributed by atoms with Crippen LogP contribution in [-0.2, 0) is 6.54 Å². The third kappa shape index (κ3) is 3.62. The summed E-state index contributed by atoms with van der Waals surface area (Å²) in [5.41, 5.74) is 9.40. The topological polar surface area (TPSA) is 53.0 Å². The van der Waals surface area contributed by atoms with Crippen molar-refractivity contribution < 1.29 is 0 Å². The summed E-state index contributed by atoms with van der Waals surface area (Å²) in [6.07, 6.45) is 2.20. The van der Waals surface area contributed by atoms with Gasteiger partial charge in [-0.15, -0.1) is 0 Å². The first-order chi connectivity index (χ1) is 10.3. The summed E-state index contributed by atoms with van der Waals surface area (Å²) in [5, 5.41) is 9.44. The number of unbranched alkanes of at least 4 members (excludes halogenated alkanes) is 1. The van der Waals surface area contributed by atoms with Crippen molar-refractivity contribution in [3.8, 4) is 6.07 Å². The van der Waals surface area contributed by atoms with E-state index in [1.165, 1.54) is 0 Å². The van der Waals surface area contributed by atoms with Gasteiger partial charge in [0, 0.05) is 18.8 Å². The van der Waals surface area contributed by atoms with Gasteiger partial charge < -0.3 is 10.6 Å². The van der Waals surface area contributed by atoms with Gasteiger partial charge in [0.05, 0.1) is 11.3 Å². The first-order valence-corrected chi connectivity index (χ1v) is 7.35. The average molecular weight is 279 g/mol. The van der Waals surface area contributed by atoms with Crippen LogP contribution >= 0.6 is 0 Å². The monoisotopic (exact) mass is 279 g/mol. The predicted octanol–water partition coefficient (Wildman–Crippen LogP) is 3.96. The van der Waals surface area contributed by atoms with Crippen LogP contribution in [0.2, 0.25) is 0 Å². The molecule has 0 amide bonds. The Hall–Kier alpha value is -2.31. The summed E-state index contributed by atoms with van der Waals surface area (Å²) in [7, 11) is 0. The Kier molecular flexibility index (Phi) is 5.36. The maximum atomic E-state index is 9.44. The lowest BCUT2D eigenvalue weighted by molar-refractivity contribution is 0.785. The van der Waals surface area contributed by atoms with Gasteiger partial charge in [0.1, 0.15) is 6.07 Å². The molecule has 0 aliphatic carbocycles. The fourth-order valence-corrected chi connectivity index (χ4v) is 2.35. The molecule has 0 unspecified atom stereocenters. The quantitative estimate of drug-likeness (QED) is 0.871. The molecule has 2 N–H and O–H groups in total. The summed E-state index contributed by atoms with van der Waals surface area (Å²) in [6, 6.07) is 18.4. The Morgan fingerprint density at radius 2 is 1.90 bits per heavy atom. The van der Waals surface area contributed by atoms with Gasteiger partial charge >= 0.3 is 0 Å². The Morgan fingerprint density at radius 1 is 1.14 bits per heavy atom. The van der Waals surface area contributed by atoms with Crippen molar-refractivity contribution in [2.75, 3.05) is 11.4 Å². The molecule has 0 atom stereocenters. The summed E-state index contributed by atoms with van der Waals surface area (Å²) in [4.78, 5) is 2.21. The van der Waals surface area contributed by atoms with Gasteiger partial charge in [-0.1, -0.05) is 37.6 Å². The van der Waals surface area contributed by atoms with Crippen LogP contribution in [0, 0.1) is 11.3 Å². The maximum Gasteiger partial charge on any atom is 0.101 e. The molecule has 3 nitrogen and oxygen atoms in total. The minimum Gasteiger partial charge on any atom is -0.340 e. The van der Waals surface area contributed by atoms with Crippen LogP contribution in [0.4, 0.5) is 11.4 Å². The molecule has 2 rings (SSSR count). The molecule has 2 aromatic rings. The summed E-state index contributed by atoms with van der Waals surface area (Å²) in [5.74, 6) is 0. The van der Waals surface area contributed by atoms with Crippen molar-refractivity contribution >= 4 is 11.4 Å². The van der Waals surface area contributed by atoms with Crippen molar-refractivity contribution in [3.63, 3.8) is 0 Å². The van der Waals surface area contributed by atoms with E-state index in [4.69, 9.17) is 5.73 Å². The smallest absolute Gasteiger partial charge is 0.101 e. The first-order valence-electron chi connectivity index (χ1n) is 7.35. The van der Waals surface area contributed by atoms with Gasteiger partial charge in [-0.2, -0.15) is 5.26 Å². The molecule has 2 aromatic carbocycles. The third-order valence-electron chi connectivity index (χ3n) is 3.51. The molecule has 0 aromatic heterocycles. The highest BCUT2D eigenvalue weighted by Crippen LogP contribution is 2.29. The Labute approximate surface area is 126 Å². The lowest BCUT2D eigenvalue weighted by Gasteiger charge is -2.26. The lowest BCUT2D eigenvalue weighted by atomic mass is 10.1. The molecule has 0 fully saturated rings. The largest absolute Gasteiger partial charge is 0.340 e. The van der Waals surface area contributed by atoms with E-state index in [2.05, 4.69) is 30.0 Å². The van der Waals surface area contributed by atoms with Crippen LogP contribution in [0.1, 0.15) is 30.9 Å². The molecular weight excluding hydrogens is 258 g/mol. The van der Waals surface area contributed by atoms with Crippen molar-refractivity contribution in [2.45, 2.75) is 26.3 Å². The second kappa shape index (κ2) is 7.47. The van der Waals surface area contributed by atoms with Crippen molar-refractivity contribution in [2.24, 2.45) is 5.73 Å². The van der Waals surface area contributed by atoms with Crippen molar-refractivity contribution in [1.82, 2.24) is 0 Å². The van der Waals surface area contributed by atoms with Gasteiger partial charge in [-0.05, 0) is 36.2 Å². The minimum absolute atomic E-state index is 0.454. The number of nitriles is 1. The number of hydrogen-bond donors (Lipinski definition) is 1. The second-order valence-electron chi connectivity index (χ2n) is 5.01. The number of benzene rings is 2. The van der Waals surface area contributed by atoms with Gasteiger partial charge in [-0.25, -0.2) is 0 Å². The highest BCUT2D eigenvalue weighted by Gasteiger charge is 2.13. The Balaban J connectivity index is 2.44. The van der Waals surface area contributed by atoms with Crippen molar-refractivity contribution in [3.05, 3.63) is 59.7 Å². The highest BCUT2D eigenvalue weighted by molar-refractivity contribution is 5.69. The molecular formula is C18H21N3. The number of hydrogen-bond acceptors (Lipinski definition) is 3. The summed E-state index contributed by atoms with van der Waals surface area (Å²) >= 11 is 0. The van der Waals surface area contributed by atoms with Crippen molar-refractivity contribution in [1.29, 1.82) is 5.26 Å². The SMILES string of the molecule is CCCCN(c1ccccc1)c1ccc(CN)cc1C#N. The number of rotatable bonds is 6. The number of nitrogens with zero attached hydrogens (tertiary/aromatic N) is 2. The molecule has 108 valence electrons. The number of anilines is 2. The van der Waals surface area contributed by atoms with E-state index >= 15 is 0 Å². The van der Waals surface area contributed by atoms with Crippen LogP contribution in [0.15, 0.2) is 48.5 Å². The minimum atomic E-state index is 0.454. The van der Waals surface area contributed by atoms with E-state index in [-0.39, 0.29) is 0 Å². The zero-order valence-corrected chi connectivity index (χ0v) is 12.4. The van der Waals surface area contributed by atoms with Crippen LogP contribution in [-0.4, -0.2) is 6.54 Å². The summed E-state index contributed by atoms with van der Waals surface area (Å²) in [6.45, 7) is 3.53. The van der Waals surface area contributed by atoms with Crippen LogP contribution in [0.3, 0.4) is 0 Å². The molecule has 0 saturated carbocycles. The number of nitrogens with two attached hydrogens (primary N) is 1. The maximum absolute atomic E-state index is 9.44. The highest BCUT2D eigenvalue weighted by atomic mass is 15.1. The first kappa shape index (κ1) is 15.1. The second-order valence-corrected chi connectivity index (χ2v) is 5.01. The molecule has 0 radical (unpaired) electrons. The van der Waals surface area contributed by atoms with Gasteiger partial charge in [-0.3, -0.25) is 0 Å². The molecule has 0 spiro atoms. The van der Waals surface area contributed by atoms with Gasteiger partial charge in [0.25, 0.3) is 0 Å². The van der Waals surface area contributed by atoms with Crippen LogP contribution in [0.5, 0.6) is 0 Å². The normalized spacial score (nSPS) is 10.1. The molecule has 0 aliphatic heterocycles. The zero-order valence-electron chi connectivity index (χ0n) is 12.4. The Bertz CT molecular complexity index is 614. The zero-order chi connectivity index (χ0) is 15.1. The van der Waals surface area contributed by atoms with E-state index in [0.717, 1.165) is 36.3 Å². The molecule has 21 heavy (non-hydrogen) atoms. The van der Waals surface area contributed by atoms with Gasteiger partial charge in [0.2, 0.25) is 0 Å². The fraction of sp³-hybridized carbons (Fsp3) is 0.278. The summed E-state index contributed by atoms with van der Waals surface area (Å²) < 4.78 is 0. The van der Waals surface area contributed by atoms with E-state index in [0.29, 0.717) is 12.1 Å². The average Bonchev–Trinajstić information content (AvgIpc) is 2.56. The van der Waals surface area contributed by atoms with E-state index < -0.39 is 0 Å². The standard InChI is InChI=1S/C18H21N3/c1-2-3-11-21(17-7-5-4-6-8-17)18-10-9-15(13-19)12-16(18)14-20/h4-10,12H,2-3,11,13,19H2,1H3. The van der Waals surface area contributed by atoms with Crippen LogP contribution < -0.4 is 10.6 Å².